The van der Waals surface area contributed by atoms with Crippen LogP contribution in [0.4, 0.5) is 0 Å². The lowest BCUT2D eigenvalue weighted by Gasteiger charge is -2.06. The van der Waals surface area contributed by atoms with Gasteiger partial charge in [-0.3, -0.25) is 4.79 Å². The molecule has 18 heavy (non-hydrogen) atoms. The van der Waals surface area contributed by atoms with E-state index in [2.05, 4.69) is 5.32 Å². The molecule has 0 saturated heterocycles. The van der Waals surface area contributed by atoms with Gasteiger partial charge in [-0.15, -0.1) is 0 Å². The van der Waals surface area contributed by atoms with Gasteiger partial charge < -0.3 is 15.7 Å². The minimum absolute atomic E-state index is 0.0477. The van der Waals surface area contributed by atoms with E-state index in [9.17, 15) is 4.79 Å². The molecule has 0 aliphatic carbocycles. The van der Waals surface area contributed by atoms with E-state index in [1.807, 2.05) is 6.07 Å². The lowest BCUT2D eigenvalue weighted by molar-refractivity contribution is -0.645. The van der Waals surface area contributed by atoms with Gasteiger partial charge in [0.1, 0.15) is 0 Å². The van der Waals surface area contributed by atoms with E-state index in [1.54, 1.807) is 17.4 Å². The number of amides is 1. The summed E-state index contributed by atoms with van der Waals surface area (Å²) in [6.45, 7) is 1.48. The molecule has 0 bridgehead atoms. The smallest absolute Gasteiger partial charge is 0.275 e. The molecule has 100 valence electrons. The quantitative estimate of drug-likeness (QED) is 0.629. The van der Waals surface area contributed by atoms with Crippen LogP contribution in [0, 0.1) is 0 Å². The highest BCUT2D eigenvalue weighted by molar-refractivity contribution is 6.35. The first kappa shape index (κ1) is 15.2. The number of nitrogens with two attached hydrogens (primary N) is 1. The summed E-state index contributed by atoms with van der Waals surface area (Å²) in [6.07, 6.45) is 0.668. The molecule has 4 nitrogen and oxygen atoms in total. The van der Waals surface area contributed by atoms with Crippen molar-refractivity contribution < 1.29 is 15.2 Å². The van der Waals surface area contributed by atoms with Crippen molar-refractivity contribution in [3.05, 3.63) is 33.8 Å². The Balaban J connectivity index is 2.26. The molecule has 0 atom stereocenters. The van der Waals surface area contributed by atoms with Gasteiger partial charge in [-0.2, -0.15) is 0 Å². The molecule has 0 aliphatic heterocycles. The van der Waals surface area contributed by atoms with E-state index in [-0.39, 0.29) is 12.5 Å². The number of hydrogen-bond donors (Lipinski definition) is 3. The normalized spacial score (nSPS) is 10.4. The minimum Gasteiger partial charge on any atom is -0.391 e. The molecule has 0 radical (unpaired) electrons. The molecule has 0 aromatic heterocycles. The Morgan fingerprint density at radius 3 is 2.83 bits per heavy atom. The predicted octanol–water partition coefficient (Wildman–Crippen LogP) is 0.208. The van der Waals surface area contributed by atoms with Gasteiger partial charge in [-0.25, -0.2) is 0 Å². The van der Waals surface area contributed by atoms with Crippen molar-refractivity contribution in [2.45, 2.75) is 6.42 Å². The summed E-state index contributed by atoms with van der Waals surface area (Å²) >= 11 is 11.8. The molecule has 0 spiro atoms. The number of halogens is 2. The molecule has 0 fully saturated rings. The molecule has 1 aromatic carbocycles. The second-order valence-corrected chi connectivity index (χ2v) is 4.68. The number of hydrogen-bond acceptors (Lipinski definition) is 2. The Morgan fingerprint density at radius 2 is 2.17 bits per heavy atom. The lowest BCUT2D eigenvalue weighted by atomic mass is 10.1. The van der Waals surface area contributed by atoms with Crippen molar-refractivity contribution in [3.63, 3.8) is 0 Å². The molecule has 1 amide bonds. The van der Waals surface area contributed by atoms with Gasteiger partial charge in [0.25, 0.3) is 5.91 Å². The Bertz CT molecular complexity index is 400. The number of nitrogens with one attached hydrogen (secondary N) is 1. The minimum atomic E-state index is -0.0477. The van der Waals surface area contributed by atoms with Gasteiger partial charge in [0.2, 0.25) is 0 Å². The van der Waals surface area contributed by atoms with Crippen LogP contribution >= 0.6 is 23.2 Å². The number of carbonyl (C=O) groups excluding carboxylic acids is 1. The zero-order valence-corrected chi connectivity index (χ0v) is 11.5. The average Bonchev–Trinajstić information content (AvgIpc) is 2.32. The Morgan fingerprint density at radius 1 is 1.39 bits per heavy atom. The first-order chi connectivity index (χ1) is 8.63. The monoisotopic (exact) mass is 291 g/mol. The van der Waals surface area contributed by atoms with E-state index >= 15 is 0 Å². The largest absolute Gasteiger partial charge is 0.391 e. The molecule has 1 rings (SSSR count). The third-order valence-electron chi connectivity index (χ3n) is 2.39. The summed E-state index contributed by atoms with van der Waals surface area (Å²) in [5.74, 6) is -0.0477. The van der Waals surface area contributed by atoms with E-state index in [4.69, 9.17) is 28.3 Å². The van der Waals surface area contributed by atoms with Crippen molar-refractivity contribution in [3.8, 4) is 0 Å². The first-order valence-corrected chi connectivity index (χ1v) is 6.52. The standard InChI is InChI=1S/C12H16Cl2N2O2/c13-10-2-1-9(11(14)7-10)3-4-16-12(18)8-15-5-6-17/h1-2,7,15,17H,3-6,8H2,(H,16,18)/p+1. The van der Waals surface area contributed by atoms with Crippen LogP contribution in [0.15, 0.2) is 18.2 Å². The van der Waals surface area contributed by atoms with Crippen LogP contribution in [0.3, 0.4) is 0 Å². The fourth-order valence-electron chi connectivity index (χ4n) is 1.46. The summed E-state index contributed by atoms with van der Waals surface area (Å²) < 4.78 is 0. The Labute approximate surface area is 116 Å². The third kappa shape index (κ3) is 5.69. The zero-order chi connectivity index (χ0) is 13.4. The van der Waals surface area contributed by atoms with Crippen molar-refractivity contribution >= 4 is 29.1 Å². The number of aliphatic hydroxyl groups is 1. The fraction of sp³-hybridized carbons (Fsp3) is 0.417. The molecule has 4 N–H and O–H groups in total. The highest BCUT2D eigenvalue weighted by Crippen LogP contribution is 2.20. The molecule has 1 aromatic rings. The van der Waals surface area contributed by atoms with Crippen molar-refractivity contribution in [1.82, 2.24) is 5.32 Å². The summed E-state index contributed by atoms with van der Waals surface area (Å²) in [6, 6.07) is 5.32. The van der Waals surface area contributed by atoms with Gasteiger partial charge in [0, 0.05) is 16.6 Å². The van der Waals surface area contributed by atoms with Crippen LogP contribution in [0.1, 0.15) is 5.56 Å². The second kappa shape index (κ2) is 8.32. The first-order valence-electron chi connectivity index (χ1n) is 5.76. The SMILES string of the molecule is O=C(C[NH2+]CCO)NCCc1ccc(Cl)cc1Cl. The van der Waals surface area contributed by atoms with Crippen molar-refractivity contribution in [1.29, 1.82) is 0 Å². The van der Waals surface area contributed by atoms with Crippen LogP contribution in [0.5, 0.6) is 0 Å². The summed E-state index contributed by atoms with van der Waals surface area (Å²) in [5.41, 5.74) is 0.959. The summed E-state index contributed by atoms with van der Waals surface area (Å²) in [5, 5.41) is 14.3. The molecular formula is C12H17Cl2N2O2+. The van der Waals surface area contributed by atoms with Gasteiger partial charge in [0.15, 0.2) is 6.54 Å². The van der Waals surface area contributed by atoms with E-state index < -0.39 is 0 Å². The Kier molecular flexibility index (Phi) is 7.05. The van der Waals surface area contributed by atoms with Crippen LogP contribution in [0.2, 0.25) is 10.0 Å². The Hall–Kier alpha value is -0.810. The lowest BCUT2D eigenvalue weighted by Crippen LogP contribution is -2.87. The zero-order valence-electron chi connectivity index (χ0n) is 9.96. The molecule has 0 aliphatic rings. The van der Waals surface area contributed by atoms with Crippen LogP contribution in [-0.2, 0) is 11.2 Å². The number of carbonyl (C=O) groups is 1. The van der Waals surface area contributed by atoms with Crippen molar-refractivity contribution in [2.24, 2.45) is 0 Å². The van der Waals surface area contributed by atoms with E-state index in [0.29, 0.717) is 36.1 Å². The number of benzene rings is 1. The maximum Gasteiger partial charge on any atom is 0.275 e. The topological polar surface area (TPSA) is 65.9 Å². The average molecular weight is 292 g/mol. The summed E-state index contributed by atoms with van der Waals surface area (Å²) in [7, 11) is 0. The van der Waals surface area contributed by atoms with Crippen LogP contribution in [-0.4, -0.2) is 37.3 Å². The molecule has 0 heterocycles. The molecule has 0 saturated carbocycles. The maximum absolute atomic E-state index is 11.4. The maximum atomic E-state index is 11.4. The highest BCUT2D eigenvalue weighted by Gasteiger charge is 2.04. The van der Waals surface area contributed by atoms with Gasteiger partial charge >= 0.3 is 0 Å². The van der Waals surface area contributed by atoms with E-state index in [1.165, 1.54) is 0 Å². The molecule has 6 heteroatoms. The van der Waals surface area contributed by atoms with Crippen LogP contribution in [0.25, 0.3) is 0 Å². The third-order valence-corrected chi connectivity index (χ3v) is 2.98. The second-order valence-electron chi connectivity index (χ2n) is 3.84. The summed E-state index contributed by atoms with van der Waals surface area (Å²) in [4.78, 5) is 11.4. The van der Waals surface area contributed by atoms with Gasteiger partial charge in [-0.05, 0) is 24.1 Å². The van der Waals surface area contributed by atoms with E-state index in [0.717, 1.165) is 5.56 Å². The van der Waals surface area contributed by atoms with Gasteiger partial charge in [0.05, 0.1) is 13.2 Å². The van der Waals surface area contributed by atoms with Gasteiger partial charge in [-0.1, -0.05) is 29.3 Å². The van der Waals surface area contributed by atoms with Crippen LogP contribution < -0.4 is 10.6 Å². The number of quaternary nitrogens is 1. The number of aliphatic hydroxyl groups excluding tert-OH is 1. The molecular weight excluding hydrogens is 275 g/mol. The predicted molar refractivity (Wildman–Crippen MR) is 71.9 cm³/mol. The highest BCUT2D eigenvalue weighted by atomic mass is 35.5. The number of rotatable bonds is 7. The molecule has 0 unspecified atom stereocenters. The fourth-order valence-corrected chi connectivity index (χ4v) is 1.96. The van der Waals surface area contributed by atoms with Crippen molar-refractivity contribution in [2.75, 3.05) is 26.2 Å².